The molecule has 3 fully saturated rings. The second kappa shape index (κ2) is 12.1. The third-order valence-corrected chi connectivity index (χ3v) is 11.5. The van der Waals surface area contributed by atoms with Crippen molar-refractivity contribution in [3.8, 4) is 22.6 Å². The summed E-state index contributed by atoms with van der Waals surface area (Å²) >= 11 is 0. The van der Waals surface area contributed by atoms with Gasteiger partial charge in [0.2, 0.25) is 8.45 Å². The average molecular weight is 597 g/mol. The van der Waals surface area contributed by atoms with E-state index in [-0.39, 0.29) is 6.10 Å². The van der Waals surface area contributed by atoms with Crippen LogP contribution in [0.3, 0.4) is 0 Å². The highest BCUT2D eigenvalue weighted by Crippen LogP contribution is 2.52. The van der Waals surface area contributed by atoms with Crippen LogP contribution in [0.5, 0.6) is 11.5 Å². The summed E-state index contributed by atoms with van der Waals surface area (Å²) in [6.45, 7) is 8.69. The van der Waals surface area contributed by atoms with Gasteiger partial charge in [0.1, 0.15) is 17.6 Å². The van der Waals surface area contributed by atoms with Crippen LogP contribution in [0.2, 0.25) is 0 Å². The molecule has 0 aromatic heterocycles. The highest BCUT2D eigenvalue weighted by molar-refractivity contribution is 7.48. The normalized spacial score (nSPS) is 25.7. The fraction of sp³-hybridized carbons (Fsp3) is 0.417. The molecule has 4 aromatic rings. The van der Waals surface area contributed by atoms with Gasteiger partial charge in [-0.3, -0.25) is 0 Å². The number of nitrogens with one attached hydrogen (secondary N) is 1. The average Bonchev–Trinajstić information content (AvgIpc) is 3.62. The Labute approximate surface area is 255 Å². The summed E-state index contributed by atoms with van der Waals surface area (Å²) in [6, 6.07) is 25.3. The quantitative estimate of drug-likeness (QED) is 0.136. The van der Waals surface area contributed by atoms with Crippen LogP contribution in [0.15, 0.2) is 72.8 Å². The maximum atomic E-state index is 13.5. The Kier molecular flexibility index (Phi) is 8.02. The predicted octanol–water partition coefficient (Wildman–Crippen LogP) is 9.31. The van der Waals surface area contributed by atoms with E-state index in [1.165, 1.54) is 19.3 Å². The number of hydrogen-bond donors (Lipinski definition) is 1. The van der Waals surface area contributed by atoms with Gasteiger partial charge in [-0.2, -0.15) is 0 Å². The Hall–Kier alpha value is -3.18. The zero-order valence-corrected chi connectivity index (χ0v) is 26.2. The van der Waals surface area contributed by atoms with Crippen LogP contribution in [0.25, 0.3) is 32.7 Å². The standard InChI is InChI=1S/C36H41N2O4P/c1-23(2)28-17-14-24(3)21-33(28)41-36(39)40-31-18-15-25-9-4-6-12-29(25)34(31)35-30-13-7-5-10-26(30)16-19-32(35)42-43-37-22-27-11-8-20-38(27)43/h4-7,9-10,12-13,15-16,18-19,23-24,27-28,33,37H,8,11,14,17,20-22H2,1-3H3/t24-,27+,28+,33-,43?/m1/s1. The molecule has 1 N–H and O–H groups in total. The molecule has 0 radical (unpaired) electrons. The van der Waals surface area contributed by atoms with Gasteiger partial charge in [-0.25, -0.2) is 14.6 Å². The monoisotopic (exact) mass is 596 g/mol. The molecular weight excluding hydrogens is 555 g/mol. The Bertz CT molecular complexity index is 1640. The minimum Gasteiger partial charge on any atom is -0.444 e. The lowest BCUT2D eigenvalue weighted by Crippen LogP contribution is -2.36. The van der Waals surface area contributed by atoms with Crippen LogP contribution in [0.1, 0.15) is 52.9 Å². The van der Waals surface area contributed by atoms with E-state index >= 15 is 0 Å². The van der Waals surface area contributed by atoms with E-state index in [1.807, 2.05) is 24.3 Å². The second-order valence-electron chi connectivity index (χ2n) is 12.8. The smallest absolute Gasteiger partial charge is 0.444 e. The van der Waals surface area contributed by atoms with Gasteiger partial charge in [0.25, 0.3) is 0 Å². The van der Waals surface area contributed by atoms with Crippen molar-refractivity contribution >= 4 is 36.2 Å². The van der Waals surface area contributed by atoms with Crippen molar-refractivity contribution in [2.24, 2.45) is 17.8 Å². The predicted molar refractivity (Wildman–Crippen MR) is 174 cm³/mol. The largest absolute Gasteiger partial charge is 0.514 e. The molecule has 1 aliphatic carbocycles. The fourth-order valence-electron chi connectivity index (χ4n) is 7.39. The number of fused-ring (bicyclic) bond motifs is 3. The van der Waals surface area contributed by atoms with Crippen LogP contribution < -0.4 is 14.3 Å². The molecule has 7 heteroatoms. The number of carbonyl (C=O) groups excluding carboxylic acids is 1. The lowest BCUT2D eigenvalue weighted by molar-refractivity contribution is -0.0136. The summed E-state index contributed by atoms with van der Waals surface area (Å²) in [7, 11) is -0.970. The van der Waals surface area contributed by atoms with Gasteiger partial charge < -0.3 is 14.0 Å². The number of carbonyl (C=O) groups is 1. The van der Waals surface area contributed by atoms with E-state index in [9.17, 15) is 4.79 Å². The molecular formula is C36H41N2O4P. The summed E-state index contributed by atoms with van der Waals surface area (Å²) in [4.78, 5) is 13.5. The Morgan fingerprint density at radius 1 is 0.884 bits per heavy atom. The van der Waals surface area contributed by atoms with Crippen LogP contribution in [0.4, 0.5) is 4.79 Å². The van der Waals surface area contributed by atoms with Crippen molar-refractivity contribution in [1.29, 1.82) is 0 Å². The van der Waals surface area contributed by atoms with Gasteiger partial charge in [0.15, 0.2) is 0 Å². The SMILES string of the molecule is CC(C)[C@@H]1CC[C@@H](C)C[C@H]1OC(=O)Oc1ccc2ccccc2c1-c1c(OP2NC[C@@H]3CCCN32)ccc2ccccc12. The summed E-state index contributed by atoms with van der Waals surface area (Å²) in [5, 5.41) is 7.88. The molecule has 1 unspecified atom stereocenters. The van der Waals surface area contributed by atoms with Crippen molar-refractivity contribution in [1.82, 2.24) is 9.76 Å². The third-order valence-electron chi connectivity index (χ3n) is 9.66. The van der Waals surface area contributed by atoms with E-state index < -0.39 is 14.6 Å². The molecule has 224 valence electrons. The molecule has 0 amide bonds. The van der Waals surface area contributed by atoms with Crippen molar-refractivity contribution in [2.45, 2.75) is 65.0 Å². The van der Waals surface area contributed by atoms with Crippen LogP contribution in [-0.2, 0) is 4.74 Å². The summed E-state index contributed by atoms with van der Waals surface area (Å²) in [6.07, 6.45) is 4.76. The first-order chi connectivity index (χ1) is 21.0. The van der Waals surface area contributed by atoms with Gasteiger partial charge in [-0.15, -0.1) is 0 Å². The molecule has 2 heterocycles. The first kappa shape index (κ1) is 28.6. The molecule has 4 aromatic carbocycles. The highest BCUT2D eigenvalue weighted by atomic mass is 31.2. The molecule has 43 heavy (non-hydrogen) atoms. The van der Waals surface area contributed by atoms with Crippen LogP contribution in [0, 0.1) is 17.8 Å². The van der Waals surface area contributed by atoms with Crippen molar-refractivity contribution in [3.63, 3.8) is 0 Å². The molecule has 1 saturated carbocycles. The molecule has 5 atom stereocenters. The Morgan fingerprint density at radius 3 is 2.28 bits per heavy atom. The minimum absolute atomic E-state index is 0.138. The van der Waals surface area contributed by atoms with Crippen molar-refractivity contribution in [3.05, 3.63) is 72.8 Å². The molecule has 6 nitrogen and oxygen atoms in total. The first-order valence-corrected chi connectivity index (χ1v) is 17.1. The number of benzene rings is 4. The second-order valence-corrected chi connectivity index (χ2v) is 14.4. The van der Waals surface area contributed by atoms with E-state index in [0.29, 0.717) is 29.5 Å². The van der Waals surface area contributed by atoms with Gasteiger partial charge in [0.05, 0.1) is 0 Å². The van der Waals surface area contributed by atoms with Crippen LogP contribution >= 0.6 is 8.45 Å². The summed E-state index contributed by atoms with van der Waals surface area (Å²) < 4.78 is 21.7. The zero-order valence-electron chi connectivity index (χ0n) is 25.3. The summed E-state index contributed by atoms with van der Waals surface area (Å²) in [5.74, 6) is 2.59. The van der Waals surface area contributed by atoms with Crippen molar-refractivity contribution < 1.29 is 18.8 Å². The third kappa shape index (κ3) is 5.61. The van der Waals surface area contributed by atoms with Crippen LogP contribution in [-0.4, -0.2) is 36.1 Å². The topological polar surface area (TPSA) is 60.0 Å². The Balaban J connectivity index is 1.31. The lowest BCUT2D eigenvalue weighted by Gasteiger charge is -2.36. The maximum absolute atomic E-state index is 13.5. The van der Waals surface area contributed by atoms with Gasteiger partial charge in [0, 0.05) is 30.3 Å². The van der Waals surface area contributed by atoms with Gasteiger partial charge >= 0.3 is 6.16 Å². The molecule has 2 saturated heterocycles. The van der Waals surface area contributed by atoms with E-state index in [4.69, 9.17) is 14.0 Å². The number of ether oxygens (including phenoxy) is 2. The van der Waals surface area contributed by atoms with E-state index in [1.54, 1.807) is 0 Å². The number of nitrogens with zero attached hydrogens (tertiary/aromatic N) is 1. The van der Waals surface area contributed by atoms with E-state index in [0.717, 1.165) is 64.4 Å². The highest BCUT2D eigenvalue weighted by Gasteiger charge is 2.39. The maximum Gasteiger partial charge on any atom is 0.514 e. The van der Waals surface area contributed by atoms with Gasteiger partial charge in [-0.05, 0) is 77.1 Å². The molecule has 0 bridgehead atoms. The fourth-order valence-corrected chi connectivity index (χ4v) is 9.26. The minimum atomic E-state index is -0.970. The number of rotatable bonds is 6. The first-order valence-electron chi connectivity index (χ1n) is 15.9. The number of hydrogen-bond acceptors (Lipinski definition) is 6. The molecule has 3 aliphatic rings. The van der Waals surface area contributed by atoms with Crippen molar-refractivity contribution in [2.75, 3.05) is 13.1 Å². The molecule has 2 aliphatic heterocycles. The lowest BCUT2D eigenvalue weighted by atomic mass is 9.75. The zero-order chi connectivity index (χ0) is 29.5. The summed E-state index contributed by atoms with van der Waals surface area (Å²) in [5.41, 5.74) is 1.79. The molecule has 0 spiro atoms. The Morgan fingerprint density at radius 2 is 1.56 bits per heavy atom. The van der Waals surface area contributed by atoms with Gasteiger partial charge in [-0.1, -0.05) is 87.9 Å². The molecule has 7 rings (SSSR count). The van der Waals surface area contributed by atoms with E-state index in [2.05, 4.69) is 79.1 Å².